The number of rotatable bonds is 5. The summed E-state index contributed by atoms with van der Waals surface area (Å²) in [5.74, 6) is 0.723. The Morgan fingerprint density at radius 3 is 2.96 bits per heavy atom. The number of nitrogens with one attached hydrogen (secondary N) is 1. The second kappa shape index (κ2) is 6.78. The van der Waals surface area contributed by atoms with Crippen molar-refractivity contribution in [3.05, 3.63) is 52.6 Å². The van der Waals surface area contributed by atoms with Crippen molar-refractivity contribution in [2.75, 3.05) is 6.54 Å². The van der Waals surface area contributed by atoms with Crippen molar-refractivity contribution < 1.29 is 4.79 Å². The molecule has 2 amide bonds. The second-order valence-corrected chi connectivity index (χ2v) is 6.28. The van der Waals surface area contributed by atoms with E-state index >= 15 is 0 Å². The molecule has 0 radical (unpaired) electrons. The molecule has 0 saturated carbocycles. The van der Waals surface area contributed by atoms with Crippen LogP contribution in [0.5, 0.6) is 0 Å². The van der Waals surface area contributed by atoms with Crippen LogP contribution in [0.4, 0.5) is 4.79 Å². The predicted octanol–water partition coefficient (Wildman–Crippen LogP) is 3.08. The standard InChI is InChI=1S/C16H19N5OS/c1-3-20(11-13-7-6-10-23-13)16(22)17-12(2)15-19-18-14-8-4-5-9-21(14)15/h4-10,12H,3,11H2,1-2H3,(H,17,22). The van der Waals surface area contributed by atoms with Gasteiger partial charge in [0.25, 0.3) is 0 Å². The van der Waals surface area contributed by atoms with Crippen molar-refractivity contribution in [2.45, 2.75) is 26.4 Å². The molecule has 0 bridgehead atoms. The topological polar surface area (TPSA) is 62.5 Å². The third-order valence-corrected chi connectivity index (χ3v) is 4.52. The molecule has 1 unspecified atom stereocenters. The van der Waals surface area contributed by atoms with Gasteiger partial charge < -0.3 is 10.2 Å². The molecule has 1 atom stereocenters. The molecule has 0 fully saturated rings. The molecular formula is C16H19N5OS. The van der Waals surface area contributed by atoms with Gasteiger partial charge in [-0.25, -0.2) is 4.79 Å². The highest BCUT2D eigenvalue weighted by molar-refractivity contribution is 7.09. The molecule has 0 spiro atoms. The number of carbonyl (C=O) groups excluding carboxylic acids is 1. The SMILES string of the molecule is CCN(Cc1cccs1)C(=O)NC(C)c1nnc2ccccn12. The van der Waals surface area contributed by atoms with E-state index in [0.717, 1.165) is 11.5 Å². The normalized spacial score (nSPS) is 12.3. The number of amides is 2. The first-order valence-electron chi connectivity index (χ1n) is 7.56. The molecule has 0 saturated heterocycles. The summed E-state index contributed by atoms with van der Waals surface area (Å²) in [7, 11) is 0. The zero-order valence-corrected chi connectivity index (χ0v) is 14.0. The fourth-order valence-electron chi connectivity index (χ4n) is 2.41. The summed E-state index contributed by atoms with van der Waals surface area (Å²) in [6.45, 7) is 5.16. The van der Waals surface area contributed by atoms with Gasteiger partial charge in [0.2, 0.25) is 0 Å². The Bertz CT molecular complexity index is 783. The van der Waals surface area contributed by atoms with Gasteiger partial charge in [-0.2, -0.15) is 0 Å². The first-order valence-corrected chi connectivity index (χ1v) is 8.44. The monoisotopic (exact) mass is 329 g/mol. The Labute approximate surface area is 138 Å². The number of carbonyl (C=O) groups is 1. The molecule has 3 rings (SSSR count). The maximum absolute atomic E-state index is 12.5. The van der Waals surface area contributed by atoms with Gasteiger partial charge >= 0.3 is 6.03 Å². The van der Waals surface area contributed by atoms with Gasteiger partial charge in [0, 0.05) is 17.6 Å². The van der Waals surface area contributed by atoms with Gasteiger partial charge in [0.05, 0.1) is 12.6 Å². The summed E-state index contributed by atoms with van der Waals surface area (Å²) >= 11 is 1.65. The van der Waals surface area contributed by atoms with Crippen LogP contribution in [0, 0.1) is 0 Å². The van der Waals surface area contributed by atoms with Crippen LogP contribution >= 0.6 is 11.3 Å². The molecule has 0 aromatic carbocycles. The van der Waals surface area contributed by atoms with Gasteiger partial charge in [0.1, 0.15) is 0 Å². The van der Waals surface area contributed by atoms with Crippen molar-refractivity contribution in [3.63, 3.8) is 0 Å². The van der Waals surface area contributed by atoms with E-state index in [2.05, 4.69) is 15.5 Å². The molecule has 0 aliphatic rings. The van der Waals surface area contributed by atoms with Crippen molar-refractivity contribution in [1.29, 1.82) is 0 Å². The summed E-state index contributed by atoms with van der Waals surface area (Å²) in [4.78, 5) is 15.5. The summed E-state index contributed by atoms with van der Waals surface area (Å²) in [5.41, 5.74) is 0.773. The summed E-state index contributed by atoms with van der Waals surface area (Å²) < 4.78 is 1.89. The fraction of sp³-hybridized carbons (Fsp3) is 0.312. The lowest BCUT2D eigenvalue weighted by molar-refractivity contribution is 0.194. The van der Waals surface area contributed by atoms with E-state index in [9.17, 15) is 4.79 Å². The Morgan fingerprint density at radius 1 is 1.35 bits per heavy atom. The lowest BCUT2D eigenvalue weighted by Gasteiger charge is -2.23. The van der Waals surface area contributed by atoms with Crippen molar-refractivity contribution >= 4 is 23.0 Å². The van der Waals surface area contributed by atoms with Crippen LogP contribution in [-0.2, 0) is 6.54 Å². The molecule has 0 aliphatic carbocycles. The van der Waals surface area contributed by atoms with Gasteiger partial charge in [-0.15, -0.1) is 21.5 Å². The van der Waals surface area contributed by atoms with E-state index < -0.39 is 0 Å². The molecule has 3 aromatic heterocycles. The van der Waals surface area contributed by atoms with E-state index in [-0.39, 0.29) is 12.1 Å². The molecular weight excluding hydrogens is 310 g/mol. The minimum absolute atomic E-state index is 0.0962. The number of pyridine rings is 1. The first kappa shape index (κ1) is 15.5. The largest absolute Gasteiger partial charge is 0.328 e. The van der Waals surface area contributed by atoms with Crippen molar-refractivity contribution in [3.8, 4) is 0 Å². The number of fused-ring (bicyclic) bond motifs is 1. The highest BCUT2D eigenvalue weighted by atomic mass is 32.1. The average molecular weight is 329 g/mol. The smallest absolute Gasteiger partial charge is 0.318 e. The molecule has 120 valence electrons. The lowest BCUT2D eigenvalue weighted by atomic mass is 10.3. The fourth-order valence-corrected chi connectivity index (χ4v) is 3.13. The Balaban J connectivity index is 1.70. The number of thiophene rings is 1. The molecule has 0 aliphatic heterocycles. The van der Waals surface area contributed by atoms with Crippen LogP contribution in [0.1, 0.15) is 30.6 Å². The van der Waals surface area contributed by atoms with Crippen LogP contribution in [0.3, 0.4) is 0 Å². The highest BCUT2D eigenvalue weighted by Gasteiger charge is 2.19. The van der Waals surface area contributed by atoms with Gasteiger partial charge in [0.15, 0.2) is 11.5 Å². The Hall–Kier alpha value is -2.41. The van der Waals surface area contributed by atoms with E-state index in [1.807, 2.05) is 60.2 Å². The number of aromatic nitrogens is 3. The van der Waals surface area contributed by atoms with Crippen molar-refractivity contribution in [2.24, 2.45) is 0 Å². The molecule has 7 heteroatoms. The number of hydrogen-bond acceptors (Lipinski definition) is 4. The lowest BCUT2D eigenvalue weighted by Crippen LogP contribution is -2.40. The average Bonchev–Trinajstić information content (AvgIpc) is 3.21. The van der Waals surface area contributed by atoms with E-state index in [1.165, 1.54) is 4.88 Å². The van der Waals surface area contributed by atoms with E-state index in [4.69, 9.17) is 0 Å². The van der Waals surface area contributed by atoms with E-state index in [1.54, 1.807) is 16.2 Å². The zero-order valence-electron chi connectivity index (χ0n) is 13.1. The summed E-state index contributed by atoms with van der Waals surface area (Å²) in [6, 6.07) is 9.44. The number of nitrogens with zero attached hydrogens (tertiary/aromatic N) is 4. The third-order valence-electron chi connectivity index (χ3n) is 3.66. The minimum atomic E-state index is -0.225. The van der Waals surface area contributed by atoms with Crippen LogP contribution in [0.25, 0.3) is 5.65 Å². The second-order valence-electron chi connectivity index (χ2n) is 5.25. The maximum atomic E-state index is 12.5. The Kier molecular flexibility index (Phi) is 4.57. The molecule has 23 heavy (non-hydrogen) atoms. The molecule has 1 N–H and O–H groups in total. The van der Waals surface area contributed by atoms with Crippen molar-refractivity contribution in [1.82, 2.24) is 24.8 Å². The van der Waals surface area contributed by atoms with Crippen LogP contribution < -0.4 is 5.32 Å². The van der Waals surface area contributed by atoms with Gasteiger partial charge in [-0.3, -0.25) is 4.40 Å². The maximum Gasteiger partial charge on any atom is 0.318 e. The third kappa shape index (κ3) is 3.34. The zero-order chi connectivity index (χ0) is 16.2. The summed E-state index contributed by atoms with van der Waals surface area (Å²) in [5, 5.41) is 13.3. The molecule has 3 heterocycles. The Morgan fingerprint density at radius 2 is 2.22 bits per heavy atom. The number of hydrogen-bond donors (Lipinski definition) is 1. The van der Waals surface area contributed by atoms with Crippen LogP contribution in [0.15, 0.2) is 41.9 Å². The first-order chi connectivity index (χ1) is 11.2. The van der Waals surface area contributed by atoms with Crippen LogP contribution in [-0.4, -0.2) is 32.1 Å². The van der Waals surface area contributed by atoms with E-state index in [0.29, 0.717) is 13.1 Å². The molecule has 3 aromatic rings. The quantitative estimate of drug-likeness (QED) is 0.782. The van der Waals surface area contributed by atoms with Gasteiger partial charge in [-0.1, -0.05) is 12.1 Å². The highest BCUT2D eigenvalue weighted by Crippen LogP contribution is 2.14. The minimum Gasteiger partial charge on any atom is -0.328 e. The molecule has 6 nitrogen and oxygen atoms in total. The van der Waals surface area contributed by atoms with Crippen LogP contribution in [0.2, 0.25) is 0 Å². The summed E-state index contributed by atoms with van der Waals surface area (Å²) in [6.07, 6.45) is 1.90. The number of urea groups is 1. The predicted molar refractivity (Wildman–Crippen MR) is 90.3 cm³/mol. The van der Waals surface area contributed by atoms with Gasteiger partial charge in [-0.05, 0) is 37.4 Å².